The summed E-state index contributed by atoms with van der Waals surface area (Å²) in [5, 5.41) is 0. The summed E-state index contributed by atoms with van der Waals surface area (Å²) in [5.74, 6) is 0.888. The van der Waals surface area contributed by atoms with Crippen molar-refractivity contribution >= 4 is 5.91 Å². The van der Waals surface area contributed by atoms with Crippen molar-refractivity contribution < 1.29 is 9.53 Å². The number of ether oxygens (including phenoxy) is 1. The molecule has 1 aliphatic heterocycles. The Bertz CT molecular complexity index is 253. The number of nitrogens with zero attached hydrogens (tertiary/aromatic N) is 1. The second kappa shape index (κ2) is 6.39. The Morgan fingerprint density at radius 3 is 2.53 bits per heavy atom. The van der Waals surface area contributed by atoms with Gasteiger partial charge in [-0.2, -0.15) is 0 Å². The summed E-state index contributed by atoms with van der Waals surface area (Å²) in [5.41, 5.74) is 0. The van der Waals surface area contributed by atoms with Gasteiger partial charge in [0, 0.05) is 19.7 Å². The Morgan fingerprint density at radius 2 is 2.00 bits per heavy atom. The second-order valence-corrected chi connectivity index (χ2v) is 5.69. The maximum Gasteiger partial charge on any atom is 0.228 e. The normalized spacial score (nSPS) is 24.1. The highest BCUT2D eigenvalue weighted by atomic mass is 16.5. The monoisotopic (exact) mass is 241 g/mol. The standard InChI is InChI=1S/C14H27NO2/c1-10(2)9-13-7-6-8-15(13)14(16)11(3)12(4)17-5/h10-13H,6-9H2,1-5H3/t11-,12+,13-/m0/s1. The number of carbonyl (C=O) groups excluding carboxylic acids is 1. The van der Waals surface area contributed by atoms with Crippen LogP contribution in [0.4, 0.5) is 0 Å². The molecular formula is C14H27NO2. The van der Waals surface area contributed by atoms with Gasteiger partial charge in [0.2, 0.25) is 5.91 Å². The van der Waals surface area contributed by atoms with Gasteiger partial charge in [0.05, 0.1) is 12.0 Å². The predicted molar refractivity (Wildman–Crippen MR) is 69.8 cm³/mol. The van der Waals surface area contributed by atoms with Crippen LogP contribution in [0.5, 0.6) is 0 Å². The highest BCUT2D eigenvalue weighted by molar-refractivity contribution is 5.79. The van der Waals surface area contributed by atoms with E-state index < -0.39 is 0 Å². The molecule has 0 N–H and O–H groups in total. The van der Waals surface area contributed by atoms with E-state index in [1.54, 1.807) is 7.11 Å². The number of rotatable bonds is 5. The average Bonchev–Trinajstić information content (AvgIpc) is 2.73. The third kappa shape index (κ3) is 3.70. The van der Waals surface area contributed by atoms with Crippen molar-refractivity contribution in [3.63, 3.8) is 0 Å². The third-order valence-corrected chi connectivity index (χ3v) is 3.87. The molecule has 0 aromatic carbocycles. The van der Waals surface area contributed by atoms with Crippen LogP contribution in [-0.2, 0) is 9.53 Å². The van der Waals surface area contributed by atoms with Crippen LogP contribution in [0.15, 0.2) is 0 Å². The maximum atomic E-state index is 12.4. The third-order valence-electron chi connectivity index (χ3n) is 3.87. The quantitative estimate of drug-likeness (QED) is 0.740. The first kappa shape index (κ1) is 14.5. The van der Waals surface area contributed by atoms with Crippen LogP contribution in [0.3, 0.4) is 0 Å². The summed E-state index contributed by atoms with van der Waals surface area (Å²) in [4.78, 5) is 14.5. The van der Waals surface area contributed by atoms with Gasteiger partial charge in [0.1, 0.15) is 0 Å². The van der Waals surface area contributed by atoms with Crippen LogP contribution >= 0.6 is 0 Å². The Hall–Kier alpha value is -0.570. The van der Waals surface area contributed by atoms with Crippen LogP contribution in [0.2, 0.25) is 0 Å². The number of amides is 1. The van der Waals surface area contributed by atoms with E-state index in [1.807, 2.05) is 13.8 Å². The van der Waals surface area contributed by atoms with Gasteiger partial charge in [-0.15, -0.1) is 0 Å². The molecule has 1 aliphatic rings. The van der Waals surface area contributed by atoms with Crippen molar-refractivity contribution in [1.29, 1.82) is 0 Å². The molecular weight excluding hydrogens is 214 g/mol. The Balaban J connectivity index is 2.61. The molecule has 0 aromatic rings. The van der Waals surface area contributed by atoms with Gasteiger partial charge >= 0.3 is 0 Å². The summed E-state index contributed by atoms with van der Waals surface area (Å²) < 4.78 is 5.26. The molecule has 0 aromatic heterocycles. The van der Waals surface area contributed by atoms with Crippen molar-refractivity contribution in [2.75, 3.05) is 13.7 Å². The van der Waals surface area contributed by atoms with E-state index >= 15 is 0 Å². The summed E-state index contributed by atoms with van der Waals surface area (Å²) in [7, 11) is 1.67. The van der Waals surface area contributed by atoms with Gasteiger partial charge < -0.3 is 9.64 Å². The van der Waals surface area contributed by atoms with E-state index in [0.29, 0.717) is 12.0 Å². The Morgan fingerprint density at radius 1 is 1.35 bits per heavy atom. The van der Waals surface area contributed by atoms with Gasteiger partial charge in [-0.05, 0) is 32.1 Å². The lowest BCUT2D eigenvalue weighted by atomic mass is 9.99. The molecule has 0 bridgehead atoms. The van der Waals surface area contributed by atoms with Crippen LogP contribution in [0, 0.1) is 11.8 Å². The molecule has 0 radical (unpaired) electrons. The maximum absolute atomic E-state index is 12.4. The van der Waals surface area contributed by atoms with Gasteiger partial charge in [0.15, 0.2) is 0 Å². The molecule has 0 spiro atoms. The minimum Gasteiger partial charge on any atom is -0.381 e. The first-order valence-electron chi connectivity index (χ1n) is 6.80. The largest absolute Gasteiger partial charge is 0.381 e. The van der Waals surface area contributed by atoms with Gasteiger partial charge in [-0.3, -0.25) is 4.79 Å². The minimum absolute atomic E-state index is 0.00259. The summed E-state index contributed by atoms with van der Waals surface area (Å²) in [6.07, 6.45) is 3.44. The summed E-state index contributed by atoms with van der Waals surface area (Å²) >= 11 is 0. The molecule has 1 rings (SSSR count). The van der Waals surface area contributed by atoms with Crippen molar-refractivity contribution in [3.05, 3.63) is 0 Å². The smallest absolute Gasteiger partial charge is 0.228 e. The van der Waals surface area contributed by atoms with E-state index in [4.69, 9.17) is 4.74 Å². The van der Waals surface area contributed by atoms with E-state index in [0.717, 1.165) is 25.8 Å². The zero-order chi connectivity index (χ0) is 13.0. The molecule has 17 heavy (non-hydrogen) atoms. The van der Waals surface area contributed by atoms with Crippen molar-refractivity contribution in [2.45, 2.75) is 59.1 Å². The van der Waals surface area contributed by atoms with Crippen molar-refractivity contribution in [2.24, 2.45) is 11.8 Å². The second-order valence-electron chi connectivity index (χ2n) is 5.69. The van der Waals surface area contributed by atoms with Crippen molar-refractivity contribution in [3.8, 4) is 0 Å². The predicted octanol–water partition coefficient (Wildman–Crippen LogP) is 2.69. The number of hydrogen-bond donors (Lipinski definition) is 0. The topological polar surface area (TPSA) is 29.5 Å². The van der Waals surface area contributed by atoms with Gasteiger partial charge in [-0.25, -0.2) is 0 Å². The van der Waals surface area contributed by atoms with E-state index in [-0.39, 0.29) is 17.9 Å². The zero-order valence-electron chi connectivity index (χ0n) is 11.9. The lowest BCUT2D eigenvalue weighted by Crippen LogP contribution is -2.42. The number of hydrogen-bond acceptors (Lipinski definition) is 2. The minimum atomic E-state index is -0.0345. The molecule has 3 nitrogen and oxygen atoms in total. The van der Waals surface area contributed by atoms with Gasteiger partial charge in [-0.1, -0.05) is 20.8 Å². The number of methoxy groups -OCH3 is 1. The fourth-order valence-electron chi connectivity index (χ4n) is 2.58. The molecule has 1 fully saturated rings. The Kier molecular flexibility index (Phi) is 5.44. The average molecular weight is 241 g/mol. The molecule has 1 heterocycles. The van der Waals surface area contributed by atoms with Crippen LogP contribution in [0.25, 0.3) is 0 Å². The first-order chi connectivity index (χ1) is 7.97. The van der Waals surface area contributed by atoms with Gasteiger partial charge in [0.25, 0.3) is 0 Å². The van der Waals surface area contributed by atoms with Crippen LogP contribution in [-0.4, -0.2) is 36.6 Å². The summed E-state index contributed by atoms with van der Waals surface area (Å²) in [6, 6.07) is 0.453. The molecule has 3 heteroatoms. The molecule has 3 atom stereocenters. The highest BCUT2D eigenvalue weighted by Gasteiger charge is 2.33. The molecule has 1 saturated heterocycles. The van der Waals surface area contributed by atoms with E-state index in [9.17, 15) is 4.79 Å². The zero-order valence-corrected chi connectivity index (χ0v) is 11.9. The molecule has 100 valence electrons. The number of likely N-dealkylation sites (tertiary alicyclic amines) is 1. The van der Waals surface area contributed by atoms with E-state index in [1.165, 1.54) is 0 Å². The lowest BCUT2D eigenvalue weighted by molar-refractivity contribution is -0.140. The fourth-order valence-corrected chi connectivity index (χ4v) is 2.58. The van der Waals surface area contributed by atoms with Crippen LogP contribution in [0.1, 0.15) is 47.0 Å². The molecule has 0 aliphatic carbocycles. The lowest BCUT2D eigenvalue weighted by Gasteiger charge is -2.30. The SMILES string of the molecule is CO[C@H](C)[C@H](C)C(=O)N1CCC[C@H]1CC(C)C. The fraction of sp³-hybridized carbons (Fsp3) is 0.929. The number of carbonyl (C=O) groups is 1. The first-order valence-corrected chi connectivity index (χ1v) is 6.80. The Labute approximate surface area is 106 Å². The van der Waals surface area contributed by atoms with Crippen LogP contribution < -0.4 is 0 Å². The van der Waals surface area contributed by atoms with E-state index in [2.05, 4.69) is 18.7 Å². The molecule has 0 saturated carbocycles. The molecule has 1 amide bonds. The van der Waals surface area contributed by atoms with Crippen molar-refractivity contribution in [1.82, 2.24) is 4.90 Å². The molecule has 0 unspecified atom stereocenters. The highest BCUT2D eigenvalue weighted by Crippen LogP contribution is 2.26. The summed E-state index contributed by atoms with van der Waals surface area (Å²) in [6.45, 7) is 9.32.